The Morgan fingerprint density at radius 1 is 1.58 bits per heavy atom. The van der Waals surface area contributed by atoms with Crippen LogP contribution in [-0.2, 0) is 17.8 Å². The molecule has 1 unspecified atom stereocenters. The van der Waals surface area contributed by atoms with Gasteiger partial charge >= 0.3 is 5.97 Å². The first-order valence-electron chi connectivity index (χ1n) is 6.82. The van der Waals surface area contributed by atoms with E-state index in [1.54, 1.807) is 0 Å². The monoisotopic (exact) mass is 267 g/mol. The van der Waals surface area contributed by atoms with Gasteiger partial charge in [0.2, 0.25) is 5.89 Å². The van der Waals surface area contributed by atoms with Crippen molar-refractivity contribution in [1.82, 2.24) is 15.0 Å². The molecule has 0 bridgehead atoms. The van der Waals surface area contributed by atoms with Gasteiger partial charge in [-0.25, -0.2) is 0 Å². The van der Waals surface area contributed by atoms with Gasteiger partial charge in [0, 0.05) is 12.5 Å². The Labute approximate surface area is 112 Å². The number of rotatable bonds is 6. The second kappa shape index (κ2) is 6.14. The highest BCUT2D eigenvalue weighted by molar-refractivity contribution is 5.67. The normalized spacial score (nSPS) is 20.3. The summed E-state index contributed by atoms with van der Waals surface area (Å²) in [6.45, 7) is 5.68. The number of aromatic nitrogens is 2. The van der Waals surface area contributed by atoms with Crippen LogP contribution in [0, 0.1) is 5.92 Å². The van der Waals surface area contributed by atoms with Gasteiger partial charge in [0.15, 0.2) is 5.82 Å². The largest absolute Gasteiger partial charge is 0.481 e. The molecule has 6 nitrogen and oxygen atoms in total. The van der Waals surface area contributed by atoms with Crippen LogP contribution in [0.1, 0.15) is 44.8 Å². The van der Waals surface area contributed by atoms with Gasteiger partial charge in [0.25, 0.3) is 0 Å². The number of nitrogens with zero attached hydrogens (tertiary/aromatic N) is 3. The fourth-order valence-corrected chi connectivity index (χ4v) is 2.51. The zero-order chi connectivity index (χ0) is 13.8. The van der Waals surface area contributed by atoms with E-state index in [0.717, 1.165) is 31.6 Å². The highest BCUT2D eigenvalue weighted by Gasteiger charge is 2.27. The van der Waals surface area contributed by atoms with Crippen molar-refractivity contribution in [2.45, 2.75) is 52.1 Å². The van der Waals surface area contributed by atoms with Gasteiger partial charge < -0.3 is 9.63 Å². The maximum atomic E-state index is 10.8. The number of hydrogen-bond donors (Lipinski definition) is 1. The Morgan fingerprint density at radius 3 is 3.05 bits per heavy atom. The minimum absolute atomic E-state index is 0.0953. The molecule has 0 spiro atoms. The highest BCUT2D eigenvalue weighted by atomic mass is 16.5. The maximum absolute atomic E-state index is 10.8. The van der Waals surface area contributed by atoms with E-state index in [0.29, 0.717) is 18.4 Å². The molecule has 1 aromatic heterocycles. The van der Waals surface area contributed by atoms with Crippen LogP contribution in [0.15, 0.2) is 4.52 Å². The molecule has 1 N–H and O–H groups in total. The first-order valence-corrected chi connectivity index (χ1v) is 6.82. The van der Waals surface area contributed by atoms with E-state index in [1.807, 2.05) is 0 Å². The van der Waals surface area contributed by atoms with Gasteiger partial charge in [-0.15, -0.1) is 0 Å². The molecule has 0 radical (unpaired) electrons. The van der Waals surface area contributed by atoms with E-state index in [2.05, 4.69) is 28.9 Å². The van der Waals surface area contributed by atoms with E-state index in [-0.39, 0.29) is 12.5 Å². The molecule has 2 heterocycles. The molecule has 106 valence electrons. The van der Waals surface area contributed by atoms with Crippen LogP contribution in [0.2, 0.25) is 0 Å². The summed E-state index contributed by atoms with van der Waals surface area (Å²) in [5, 5.41) is 12.8. The van der Waals surface area contributed by atoms with Crippen LogP contribution in [0.3, 0.4) is 0 Å². The number of carboxylic acid groups (broad SMARTS) is 1. The molecule has 1 aliphatic rings. The third-order valence-electron chi connectivity index (χ3n) is 3.35. The van der Waals surface area contributed by atoms with Crippen LogP contribution < -0.4 is 0 Å². The lowest BCUT2D eigenvalue weighted by Crippen LogP contribution is -2.31. The summed E-state index contributed by atoms with van der Waals surface area (Å²) in [4.78, 5) is 17.3. The molecule has 0 saturated carbocycles. The van der Waals surface area contributed by atoms with Crippen molar-refractivity contribution in [3.05, 3.63) is 11.7 Å². The fourth-order valence-electron chi connectivity index (χ4n) is 2.51. The Hall–Kier alpha value is -1.43. The lowest BCUT2D eigenvalue weighted by molar-refractivity contribution is -0.138. The van der Waals surface area contributed by atoms with Crippen molar-refractivity contribution in [2.24, 2.45) is 5.92 Å². The van der Waals surface area contributed by atoms with Crippen LogP contribution >= 0.6 is 0 Å². The third-order valence-corrected chi connectivity index (χ3v) is 3.35. The van der Waals surface area contributed by atoms with Gasteiger partial charge in [0.1, 0.15) is 0 Å². The third kappa shape index (κ3) is 4.02. The Balaban J connectivity index is 1.92. The molecule has 0 aliphatic carbocycles. The molecular weight excluding hydrogens is 246 g/mol. The van der Waals surface area contributed by atoms with Gasteiger partial charge in [-0.2, -0.15) is 4.98 Å². The predicted molar refractivity (Wildman–Crippen MR) is 68.5 cm³/mol. The highest BCUT2D eigenvalue weighted by Crippen LogP contribution is 2.22. The number of likely N-dealkylation sites (tertiary alicyclic amines) is 1. The number of carboxylic acids is 1. The molecule has 2 rings (SSSR count). The van der Waals surface area contributed by atoms with Crippen LogP contribution in [0.5, 0.6) is 0 Å². The smallest absolute Gasteiger partial charge is 0.304 e. The van der Waals surface area contributed by atoms with E-state index in [4.69, 9.17) is 9.63 Å². The van der Waals surface area contributed by atoms with E-state index >= 15 is 0 Å². The van der Waals surface area contributed by atoms with Crippen molar-refractivity contribution in [3.63, 3.8) is 0 Å². The van der Waals surface area contributed by atoms with Crippen molar-refractivity contribution in [3.8, 4) is 0 Å². The Morgan fingerprint density at radius 2 is 2.37 bits per heavy atom. The molecule has 19 heavy (non-hydrogen) atoms. The van der Waals surface area contributed by atoms with Gasteiger partial charge in [-0.3, -0.25) is 9.69 Å². The SMILES string of the molecule is CC(C)Cc1noc(CN2CCCC2CC(=O)O)n1. The van der Waals surface area contributed by atoms with Gasteiger partial charge in [-0.1, -0.05) is 19.0 Å². The van der Waals surface area contributed by atoms with Crippen molar-refractivity contribution < 1.29 is 14.4 Å². The lowest BCUT2D eigenvalue weighted by atomic mass is 10.1. The average molecular weight is 267 g/mol. The molecule has 1 atom stereocenters. The standard InChI is InChI=1S/C13H21N3O3/c1-9(2)6-11-14-12(19-15-11)8-16-5-3-4-10(16)7-13(17)18/h9-10H,3-8H2,1-2H3,(H,17,18). The molecule has 1 fully saturated rings. The van der Waals surface area contributed by atoms with E-state index < -0.39 is 5.97 Å². The molecular formula is C13H21N3O3. The van der Waals surface area contributed by atoms with Crippen molar-refractivity contribution in [1.29, 1.82) is 0 Å². The summed E-state index contributed by atoms with van der Waals surface area (Å²) >= 11 is 0. The minimum atomic E-state index is -0.747. The molecule has 0 amide bonds. The summed E-state index contributed by atoms with van der Waals surface area (Å²) in [5.74, 6) is 1.08. The Bertz CT molecular complexity index is 431. The van der Waals surface area contributed by atoms with E-state index in [9.17, 15) is 4.79 Å². The second-order valence-corrected chi connectivity index (χ2v) is 5.57. The topological polar surface area (TPSA) is 79.5 Å². The number of hydrogen-bond acceptors (Lipinski definition) is 5. The molecule has 6 heteroatoms. The zero-order valence-corrected chi connectivity index (χ0v) is 11.5. The number of aliphatic carboxylic acids is 1. The second-order valence-electron chi connectivity index (χ2n) is 5.57. The summed E-state index contributed by atoms with van der Waals surface area (Å²) in [7, 11) is 0. The van der Waals surface area contributed by atoms with Crippen LogP contribution in [-0.4, -0.2) is 38.7 Å². The zero-order valence-electron chi connectivity index (χ0n) is 11.5. The first kappa shape index (κ1) is 14.0. The van der Waals surface area contributed by atoms with Gasteiger partial charge in [-0.05, 0) is 25.3 Å². The molecule has 0 aromatic carbocycles. The maximum Gasteiger partial charge on any atom is 0.304 e. The van der Waals surface area contributed by atoms with Crippen LogP contribution in [0.25, 0.3) is 0 Å². The molecule has 1 aliphatic heterocycles. The van der Waals surface area contributed by atoms with Crippen LogP contribution in [0.4, 0.5) is 0 Å². The summed E-state index contributed by atoms with van der Waals surface area (Å²) < 4.78 is 5.23. The number of carbonyl (C=O) groups is 1. The van der Waals surface area contributed by atoms with Crippen molar-refractivity contribution >= 4 is 5.97 Å². The summed E-state index contributed by atoms with van der Waals surface area (Å²) in [6.07, 6.45) is 2.96. The quantitative estimate of drug-likeness (QED) is 0.845. The Kier molecular flexibility index (Phi) is 4.52. The molecule has 1 aromatic rings. The van der Waals surface area contributed by atoms with Gasteiger partial charge in [0.05, 0.1) is 13.0 Å². The summed E-state index contributed by atoms with van der Waals surface area (Å²) in [5.41, 5.74) is 0. The minimum Gasteiger partial charge on any atom is -0.481 e. The lowest BCUT2D eigenvalue weighted by Gasteiger charge is -2.20. The molecule has 1 saturated heterocycles. The first-order chi connectivity index (χ1) is 9.04. The summed E-state index contributed by atoms with van der Waals surface area (Å²) in [6, 6.07) is 0.0953. The van der Waals surface area contributed by atoms with E-state index in [1.165, 1.54) is 0 Å². The fraction of sp³-hybridized carbons (Fsp3) is 0.769. The predicted octanol–water partition coefficient (Wildman–Crippen LogP) is 1.71. The van der Waals surface area contributed by atoms with Crippen molar-refractivity contribution in [2.75, 3.05) is 6.54 Å². The average Bonchev–Trinajstić information content (AvgIpc) is 2.89.